The SMILES string of the molecule is Cc1ccc(CC(=O)N[C@H](Cc2ccccc2)C(=O)OCCn2ccnc2)cc1. The van der Waals surface area contributed by atoms with Gasteiger partial charge in [-0.15, -0.1) is 0 Å². The summed E-state index contributed by atoms with van der Waals surface area (Å²) in [6, 6.07) is 16.6. The van der Waals surface area contributed by atoms with Gasteiger partial charge in [-0.3, -0.25) is 4.79 Å². The van der Waals surface area contributed by atoms with Crippen molar-refractivity contribution in [2.45, 2.75) is 32.4 Å². The molecule has 1 aromatic heterocycles. The Bertz CT molecular complexity index is 906. The number of imidazole rings is 1. The van der Waals surface area contributed by atoms with E-state index in [4.69, 9.17) is 4.74 Å². The molecular formula is C23H25N3O3. The number of esters is 1. The minimum atomic E-state index is -0.738. The van der Waals surface area contributed by atoms with E-state index in [0.29, 0.717) is 13.0 Å². The van der Waals surface area contributed by atoms with E-state index < -0.39 is 12.0 Å². The fourth-order valence-electron chi connectivity index (χ4n) is 2.95. The highest BCUT2D eigenvalue weighted by molar-refractivity contribution is 5.85. The lowest BCUT2D eigenvalue weighted by molar-refractivity contribution is -0.148. The van der Waals surface area contributed by atoms with Gasteiger partial charge in [0.1, 0.15) is 12.6 Å². The molecule has 0 aliphatic rings. The molecule has 0 radical (unpaired) electrons. The first kappa shape index (κ1) is 20.3. The molecule has 1 N–H and O–H groups in total. The Balaban J connectivity index is 1.60. The first-order valence-corrected chi connectivity index (χ1v) is 9.61. The van der Waals surface area contributed by atoms with Gasteiger partial charge in [0.15, 0.2) is 0 Å². The molecule has 1 atom stereocenters. The van der Waals surface area contributed by atoms with Gasteiger partial charge in [-0.2, -0.15) is 0 Å². The number of hydrogen-bond acceptors (Lipinski definition) is 4. The molecule has 0 aliphatic heterocycles. The van der Waals surface area contributed by atoms with Crippen molar-refractivity contribution in [1.29, 1.82) is 0 Å². The molecule has 0 bridgehead atoms. The number of rotatable bonds is 9. The number of aryl methyl sites for hydroxylation is 1. The highest BCUT2D eigenvalue weighted by Gasteiger charge is 2.23. The van der Waals surface area contributed by atoms with Crippen molar-refractivity contribution in [2.24, 2.45) is 0 Å². The Hall–Kier alpha value is -3.41. The van der Waals surface area contributed by atoms with Gasteiger partial charge in [-0.05, 0) is 18.1 Å². The number of aromatic nitrogens is 2. The number of carbonyl (C=O) groups is 2. The molecule has 1 amide bonds. The van der Waals surface area contributed by atoms with Crippen molar-refractivity contribution in [2.75, 3.05) is 6.61 Å². The van der Waals surface area contributed by atoms with Gasteiger partial charge in [0.25, 0.3) is 0 Å². The van der Waals surface area contributed by atoms with E-state index in [-0.39, 0.29) is 18.9 Å². The van der Waals surface area contributed by atoms with Crippen LogP contribution >= 0.6 is 0 Å². The van der Waals surface area contributed by atoms with Crippen LogP contribution in [-0.4, -0.2) is 34.1 Å². The zero-order chi connectivity index (χ0) is 20.5. The number of benzene rings is 2. The summed E-state index contributed by atoms with van der Waals surface area (Å²) in [7, 11) is 0. The van der Waals surface area contributed by atoms with Gasteiger partial charge in [0, 0.05) is 18.8 Å². The van der Waals surface area contributed by atoms with Crippen molar-refractivity contribution < 1.29 is 14.3 Å². The smallest absolute Gasteiger partial charge is 0.329 e. The Morgan fingerprint density at radius 2 is 1.83 bits per heavy atom. The van der Waals surface area contributed by atoms with E-state index in [1.54, 1.807) is 18.7 Å². The minimum absolute atomic E-state index is 0.207. The van der Waals surface area contributed by atoms with Crippen molar-refractivity contribution in [3.8, 4) is 0 Å². The molecule has 3 aromatic rings. The number of carbonyl (C=O) groups excluding carboxylic acids is 2. The predicted octanol–water partition coefficient (Wildman–Crippen LogP) is 2.70. The molecule has 0 fully saturated rings. The third-order valence-corrected chi connectivity index (χ3v) is 4.54. The molecule has 150 valence electrons. The first-order valence-electron chi connectivity index (χ1n) is 9.61. The average Bonchev–Trinajstić information content (AvgIpc) is 3.23. The fraction of sp³-hybridized carbons (Fsp3) is 0.261. The Labute approximate surface area is 170 Å². The Kier molecular flexibility index (Phi) is 7.16. The fourth-order valence-corrected chi connectivity index (χ4v) is 2.95. The Morgan fingerprint density at radius 1 is 1.07 bits per heavy atom. The van der Waals surface area contributed by atoms with Crippen molar-refractivity contribution in [3.63, 3.8) is 0 Å². The molecular weight excluding hydrogens is 366 g/mol. The van der Waals surface area contributed by atoms with E-state index in [1.165, 1.54) is 0 Å². The molecule has 3 rings (SSSR count). The molecule has 29 heavy (non-hydrogen) atoms. The van der Waals surface area contributed by atoms with Gasteiger partial charge in [-0.1, -0.05) is 60.2 Å². The number of hydrogen-bond donors (Lipinski definition) is 1. The summed E-state index contributed by atoms with van der Waals surface area (Å²) in [5, 5.41) is 2.84. The maximum atomic E-state index is 12.6. The van der Waals surface area contributed by atoms with Crippen molar-refractivity contribution >= 4 is 11.9 Å². The summed E-state index contributed by atoms with van der Waals surface area (Å²) >= 11 is 0. The summed E-state index contributed by atoms with van der Waals surface area (Å²) in [5.41, 5.74) is 3.00. The predicted molar refractivity (Wildman–Crippen MR) is 110 cm³/mol. The number of nitrogens with one attached hydrogen (secondary N) is 1. The number of ether oxygens (including phenoxy) is 1. The second-order valence-corrected chi connectivity index (χ2v) is 6.94. The van der Waals surface area contributed by atoms with Crippen molar-refractivity contribution in [1.82, 2.24) is 14.9 Å². The molecule has 0 saturated carbocycles. The van der Waals surface area contributed by atoms with Gasteiger partial charge in [0.05, 0.1) is 19.3 Å². The molecule has 0 aliphatic carbocycles. The minimum Gasteiger partial charge on any atom is -0.462 e. The highest BCUT2D eigenvalue weighted by Crippen LogP contribution is 2.07. The second kappa shape index (κ2) is 10.2. The van der Waals surface area contributed by atoms with Gasteiger partial charge in [-0.25, -0.2) is 9.78 Å². The van der Waals surface area contributed by atoms with Crippen LogP contribution in [0.25, 0.3) is 0 Å². The third-order valence-electron chi connectivity index (χ3n) is 4.54. The Morgan fingerprint density at radius 3 is 2.52 bits per heavy atom. The summed E-state index contributed by atoms with van der Waals surface area (Å²) in [5.74, 6) is -0.646. The van der Waals surface area contributed by atoms with Gasteiger partial charge < -0.3 is 14.6 Å². The molecule has 6 heteroatoms. The molecule has 2 aromatic carbocycles. The van der Waals surface area contributed by atoms with Crippen LogP contribution in [0.3, 0.4) is 0 Å². The van der Waals surface area contributed by atoms with Crippen molar-refractivity contribution in [3.05, 3.63) is 90.0 Å². The van der Waals surface area contributed by atoms with Crippen LogP contribution < -0.4 is 5.32 Å². The second-order valence-electron chi connectivity index (χ2n) is 6.94. The number of amides is 1. The van der Waals surface area contributed by atoms with Crippen LogP contribution in [0.1, 0.15) is 16.7 Å². The summed E-state index contributed by atoms with van der Waals surface area (Å²) in [6.45, 7) is 2.73. The zero-order valence-corrected chi connectivity index (χ0v) is 16.5. The molecule has 0 spiro atoms. The molecule has 6 nitrogen and oxygen atoms in total. The summed E-state index contributed by atoms with van der Waals surface area (Å²) in [4.78, 5) is 29.1. The lowest BCUT2D eigenvalue weighted by Gasteiger charge is -2.18. The first-order chi connectivity index (χ1) is 14.1. The molecule has 0 saturated heterocycles. The van der Waals surface area contributed by atoms with Crippen LogP contribution in [0.5, 0.6) is 0 Å². The average molecular weight is 391 g/mol. The van der Waals surface area contributed by atoms with Crippen LogP contribution in [0, 0.1) is 6.92 Å². The highest BCUT2D eigenvalue weighted by atomic mass is 16.5. The van der Waals surface area contributed by atoms with E-state index >= 15 is 0 Å². The lowest BCUT2D eigenvalue weighted by atomic mass is 10.0. The van der Waals surface area contributed by atoms with Crippen LogP contribution in [0.15, 0.2) is 73.3 Å². The largest absolute Gasteiger partial charge is 0.462 e. The van der Waals surface area contributed by atoms with E-state index in [2.05, 4.69) is 10.3 Å². The normalized spacial score (nSPS) is 11.6. The molecule has 0 unspecified atom stereocenters. The van der Waals surface area contributed by atoms with Crippen LogP contribution in [-0.2, 0) is 33.7 Å². The van der Waals surface area contributed by atoms with E-state index in [1.807, 2.05) is 66.1 Å². The topological polar surface area (TPSA) is 73.2 Å². The number of nitrogens with zero attached hydrogens (tertiary/aromatic N) is 2. The lowest BCUT2D eigenvalue weighted by Crippen LogP contribution is -2.44. The molecule has 1 heterocycles. The van der Waals surface area contributed by atoms with E-state index in [9.17, 15) is 9.59 Å². The quantitative estimate of drug-likeness (QED) is 0.569. The van der Waals surface area contributed by atoms with Crippen LogP contribution in [0.2, 0.25) is 0 Å². The third kappa shape index (κ3) is 6.60. The summed E-state index contributed by atoms with van der Waals surface area (Å²) < 4.78 is 7.24. The van der Waals surface area contributed by atoms with E-state index in [0.717, 1.165) is 16.7 Å². The maximum absolute atomic E-state index is 12.6. The van der Waals surface area contributed by atoms with Crippen LogP contribution in [0.4, 0.5) is 0 Å². The monoisotopic (exact) mass is 391 g/mol. The summed E-state index contributed by atoms with van der Waals surface area (Å²) in [6.07, 6.45) is 5.74. The zero-order valence-electron chi connectivity index (χ0n) is 16.5. The van der Waals surface area contributed by atoms with Gasteiger partial charge >= 0.3 is 5.97 Å². The van der Waals surface area contributed by atoms with Gasteiger partial charge in [0.2, 0.25) is 5.91 Å². The standard InChI is InChI=1S/C23H25N3O3/c1-18-7-9-20(10-8-18)16-22(27)25-21(15-19-5-3-2-4-6-19)23(28)29-14-13-26-12-11-24-17-26/h2-12,17,21H,13-16H2,1H3,(H,25,27)/t21-/m1/s1. The maximum Gasteiger partial charge on any atom is 0.329 e.